The summed E-state index contributed by atoms with van der Waals surface area (Å²) in [6.07, 6.45) is 4.28. The first kappa shape index (κ1) is 15.3. The van der Waals surface area contributed by atoms with E-state index in [1.807, 2.05) is 13.8 Å². The Labute approximate surface area is 121 Å². The zero-order valence-electron chi connectivity index (χ0n) is 12.4. The number of hydrogen-bond donors (Lipinski definition) is 2. The second-order valence-corrected chi connectivity index (χ2v) is 7.63. The van der Waals surface area contributed by atoms with Crippen molar-refractivity contribution in [3.05, 3.63) is 23.3 Å². The maximum Gasteiger partial charge on any atom is 0.241 e. The molecule has 0 bridgehead atoms. The third-order valence-corrected chi connectivity index (χ3v) is 5.97. The SMILES string of the molecule is Cc1cc(N)cc(S(=O)(=O)NC2CCCCC2C)c1C. The van der Waals surface area contributed by atoms with Crippen molar-refractivity contribution in [3.63, 3.8) is 0 Å². The monoisotopic (exact) mass is 296 g/mol. The van der Waals surface area contributed by atoms with E-state index in [1.165, 1.54) is 6.42 Å². The normalized spacial score (nSPS) is 23.8. The molecule has 1 aromatic rings. The predicted octanol–water partition coefficient (Wildman–Crippen LogP) is 2.74. The average molecular weight is 296 g/mol. The molecule has 0 saturated heterocycles. The molecule has 0 heterocycles. The second kappa shape index (κ2) is 5.74. The summed E-state index contributed by atoms with van der Waals surface area (Å²) in [5.74, 6) is 0.390. The van der Waals surface area contributed by atoms with Crippen LogP contribution in [0.2, 0.25) is 0 Å². The number of rotatable bonds is 3. The lowest BCUT2D eigenvalue weighted by atomic mass is 9.87. The number of benzene rings is 1. The lowest BCUT2D eigenvalue weighted by molar-refractivity contribution is 0.310. The molecule has 2 atom stereocenters. The topological polar surface area (TPSA) is 72.2 Å². The third-order valence-electron chi connectivity index (χ3n) is 4.35. The molecule has 2 unspecified atom stereocenters. The summed E-state index contributed by atoms with van der Waals surface area (Å²) in [5.41, 5.74) is 7.96. The summed E-state index contributed by atoms with van der Waals surface area (Å²) in [4.78, 5) is 0.313. The van der Waals surface area contributed by atoms with Gasteiger partial charge in [-0.05, 0) is 55.9 Å². The number of nitrogen functional groups attached to an aromatic ring is 1. The van der Waals surface area contributed by atoms with Gasteiger partial charge in [-0.15, -0.1) is 0 Å². The predicted molar refractivity (Wildman–Crippen MR) is 82.1 cm³/mol. The summed E-state index contributed by atoms with van der Waals surface area (Å²) in [6, 6.07) is 3.39. The van der Waals surface area contributed by atoms with Crippen molar-refractivity contribution in [1.82, 2.24) is 4.72 Å². The van der Waals surface area contributed by atoms with Crippen LogP contribution in [0.3, 0.4) is 0 Å². The van der Waals surface area contributed by atoms with Gasteiger partial charge in [0.25, 0.3) is 0 Å². The molecule has 112 valence electrons. The molecule has 20 heavy (non-hydrogen) atoms. The van der Waals surface area contributed by atoms with E-state index in [4.69, 9.17) is 5.73 Å². The van der Waals surface area contributed by atoms with E-state index in [1.54, 1.807) is 12.1 Å². The zero-order valence-corrected chi connectivity index (χ0v) is 13.3. The van der Waals surface area contributed by atoms with Crippen molar-refractivity contribution in [2.45, 2.75) is 57.4 Å². The van der Waals surface area contributed by atoms with Gasteiger partial charge in [0, 0.05) is 11.7 Å². The summed E-state index contributed by atoms with van der Waals surface area (Å²) >= 11 is 0. The van der Waals surface area contributed by atoms with E-state index < -0.39 is 10.0 Å². The maximum atomic E-state index is 12.6. The minimum Gasteiger partial charge on any atom is -0.399 e. The van der Waals surface area contributed by atoms with Crippen LogP contribution >= 0.6 is 0 Å². The standard InChI is InChI=1S/C15H24N2O2S/c1-10-6-4-5-7-14(10)17-20(18,19)15-9-13(16)8-11(2)12(15)3/h8-10,14,17H,4-7,16H2,1-3H3. The van der Waals surface area contributed by atoms with E-state index in [9.17, 15) is 8.42 Å². The van der Waals surface area contributed by atoms with Crippen molar-refractivity contribution in [2.24, 2.45) is 5.92 Å². The highest BCUT2D eigenvalue weighted by molar-refractivity contribution is 7.89. The molecule has 0 spiro atoms. The molecule has 1 aliphatic rings. The molecule has 3 N–H and O–H groups in total. The molecule has 1 aromatic carbocycles. The number of nitrogens with one attached hydrogen (secondary N) is 1. The van der Waals surface area contributed by atoms with Crippen LogP contribution in [0.1, 0.15) is 43.7 Å². The fraction of sp³-hybridized carbons (Fsp3) is 0.600. The van der Waals surface area contributed by atoms with Gasteiger partial charge in [-0.3, -0.25) is 0 Å². The number of anilines is 1. The first-order valence-corrected chi connectivity index (χ1v) is 8.68. The van der Waals surface area contributed by atoms with Gasteiger partial charge >= 0.3 is 0 Å². The Kier molecular flexibility index (Phi) is 4.39. The smallest absolute Gasteiger partial charge is 0.241 e. The van der Waals surface area contributed by atoms with Crippen LogP contribution < -0.4 is 10.5 Å². The van der Waals surface area contributed by atoms with Crippen molar-refractivity contribution >= 4 is 15.7 Å². The molecular formula is C15H24N2O2S. The van der Waals surface area contributed by atoms with Crippen molar-refractivity contribution in [2.75, 3.05) is 5.73 Å². The Balaban J connectivity index is 2.31. The molecule has 1 saturated carbocycles. The summed E-state index contributed by atoms with van der Waals surface area (Å²) in [6.45, 7) is 5.82. The average Bonchev–Trinajstić information content (AvgIpc) is 2.36. The fourth-order valence-corrected chi connectivity index (χ4v) is 4.62. The Hall–Kier alpha value is -1.07. The van der Waals surface area contributed by atoms with Gasteiger partial charge in [0.15, 0.2) is 0 Å². The van der Waals surface area contributed by atoms with Crippen LogP contribution in [0.5, 0.6) is 0 Å². The number of nitrogens with two attached hydrogens (primary N) is 1. The van der Waals surface area contributed by atoms with Gasteiger partial charge in [0.2, 0.25) is 10.0 Å². The van der Waals surface area contributed by atoms with Gasteiger partial charge < -0.3 is 5.73 Å². The minimum atomic E-state index is -3.50. The molecule has 5 heteroatoms. The first-order chi connectivity index (χ1) is 9.31. The summed E-state index contributed by atoms with van der Waals surface area (Å²) in [7, 11) is -3.50. The highest BCUT2D eigenvalue weighted by Crippen LogP contribution is 2.27. The van der Waals surface area contributed by atoms with Crippen LogP contribution in [-0.2, 0) is 10.0 Å². The first-order valence-electron chi connectivity index (χ1n) is 7.20. The van der Waals surface area contributed by atoms with Gasteiger partial charge in [-0.2, -0.15) is 0 Å². The van der Waals surface area contributed by atoms with Crippen molar-refractivity contribution in [3.8, 4) is 0 Å². The number of hydrogen-bond acceptors (Lipinski definition) is 3. The van der Waals surface area contributed by atoms with Crippen LogP contribution in [0.15, 0.2) is 17.0 Å². The van der Waals surface area contributed by atoms with Gasteiger partial charge in [-0.1, -0.05) is 19.8 Å². The largest absolute Gasteiger partial charge is 0.399 e. The molecule has 0 radical (unpaired) electrons. The van der Waals surface area contributed by atoms with E-state index in [2.05, 4.69) is 11.6 Å². The molecule has 2 rings (SSSR count). The minimum absolute atomic E-state index is 0.0369. The summed E-state index contributed by atoms with van der Waals surface area (Å²) < 4.78 is 28.1. The van der Waals surface area contributed by atoms with E-state index in [-0.39, 0.29) is 6.04 Å². The van der Waals surface area contributed by atoms with Gasteiger partial charge in [0.05, 0.1) is 4.90 Å². The van der Waals surface area contributed by atoms with Crippen molar-refractivity contribution in [1.29, 1.82) is 0 Å². The summed E-state index contributed by atoms with van der Waals surface area (Å²) in [5, 5.41) is 0. The highest BCUT2D eigenvalue weighted by atomic mass is 32.2. The molecule has 0 aromatic heterocycles. The number of aryl methyl sites for hydroxylation is 1. The van der Waals surface area contributed by atoms with Crippen LogP contribution in [-0.4, -0.2) is 14.5 Å². The molecule has 1 fully saturated rings. The highest BCUT2D eigenvalue weighted by Gasteiger charge is 2.28. The second-order valence-electron chi connectivity index (χ2n) is 5.95. The fourth-order valence-electron chi connectivity index (χ4n) is 2.89. The Morgan fingerprint density at radius 2 is 1.85 bits per heavy atom. The quantitative estimate of drug-likeness (QED) is 0.842. The lowest BCUT2D eigenvalue weighted by Crippen LogP contribution is -2.41. The zero-order chi connectivity index (χ0) is 14.9. The molecular weight excluding hydrogens is 272 g/mol. The molecule has 0 aliphatic heterocycles. The Morgan fingerprint density at radius 1 is 1.20 bits per heavy atom. The maximum absolute atomic E-state index is 12.6. The van der Waals surface area contributed by atoms with Gasteiger partial charge in [0.1, 0.15) is 0 Å². The molecule has 1 aliphatic carbocycles. The van der Waals surface area contributed by atoms with Crippen LogP contribution in [0, 0.1) is 19.8 Å². The van der Waals surface area contributed by atoms with E-state index >= 15 is 0 Å². The van der Waals surface area contributed by atoms with E-state index in [0.29, 0.717) is 16.5 Å². The lowest BCUT2D eigenvalue weighted by Gasteiger charge is -2.29. The molecule has 4 nitrogen and oxygen atoms in total. The van der Waals surface area contributed by atoms with Gasteiger partial charge in [-0.25, -0.2) is 13.1 Å². The Bertz CT molecular complexity index is 596. The van der Waals surface area contributed by atoms with E-state index in [0.717, 1.165) is 30.4 Å². The van der Waals surface area contributed by atoms with Crippen LogP contribution in [0.4, 0.5) is 5.69 Å². The number of sulfonamides is 1. The Morgan fingerprint density at radius 3 is 2.50 bits per heavy atom. The van der Waals surface area contributed by atoms with Crippen LogP contribution in [0.25, 0.3) is 0 Å². The van der Waals surface area contributed by atoms with Crippen molar-refractivity contribution < 1.29 is 8.42 Å². The molecule has 0 amide bonds. The third kappa shape index (κ3) is 3.15.